The molecule has 0 N–H and O–H groups in total. The van der Waals surface area contributed by atoms with Crippen LogP contribution in [0.15, 0.2) is 6.20 Å². The number of hydrogen-bond acceptors (Lipinski definition) is 6. The van der Waals surface area contributed by atoms with Gasteiger partial charge in [-0.05, 0) is 49.9 Å². The number of rotatable bonds is 6. The van der Waals surface area contributed by atoms with Crippen molar-refractivity contribution in [1.82, 2.24) is 9.78 Å². The summed E-state index contributed by atoms with van der Waals surface area (Å²) in [4.78, 5) is 25.0. The fourth-order valence-electron chi connectivity index (χ4n) is 5.73. The zero-order chi connectivity index (χ0) is 22.4. The molecule has 0 spiro atoms. The van der Waals surface area contributed by atoms with E-state index in [1.54, 1.807) is 4.68 Å². The van der Waals surface area contributed by atoms with Gasteiger partial charge in [-0.15, -0.1) is 0 Å². The standard InChI is InChI=1S/C22H34N2O5S/c1-7-24-21(29-12-14(3)25)17(11-23-24)19(26)16-10-13(2)20-18(15(16)4)22(5,6)8-9-30(20,27)28/h11,13,15-16,18,20H,7-10,12H2,1-6H3. The molecule has 8 heteroatoms. The summed E-state index contributed by atoms with van der Waals surface area (Å²) in [7, 11) is -3.17. The van der Waals surface area contributed by atoms with Crippen LogP contribution in [0.25, 0.3) is 0 Å². The molecule has 5 unspecified atom stereocenters. The van der Waals surface area contributed by atoms with Crippen molar-refractivity contribution in [3.05, 3.63) is 11.8 Å². The lowest BCUT2D eigenvalue weighted by molar-refractivity contribution is -0.119. The van der Waals surface area contributed by atoms with Gasteiger partial charge < -0.3 is 4.74 Å². The molecule has 0 bridgehead atoms. The van der Waals surface area contributed by atoms with E-state index in [9.17, 15) is 18.0 Å². The average molecular weight is 439 g/mol. The van der Waals surface area contributed by atoms with E-state index in [-0.39, 0.29) is 53.0 Å². The summed E-state index contributed by atoms with van der Waals surface area (Å²) < 4.78 is 33.0. The van der Waals surface area contributed by atoms with Gasteiger partial charge >= 0.3 is 0 Å². The first-order valence-electron chi connectivity index (χ1n) is 10.8. The van der Waals surface area contributed by atoms with Gasteiger partial charge in [0.25, 0.3) is 0 Å². The highest BCUT2D eigenvalue weighted by Gasteiger charge is 2.56. The van der Waals surface area contributed by atoms with Crippen LogP contribution in [-0.4, -0.2) is 47.4 Å². The van der Waals surface area contributed by atoms with Crippen LogP contribution in [0.4, 0.5) is 0 Å². The minimum absolute atomic E-state index is 0.0650. The van der Waals surface area contributed by atoms with Gasteiger partial charge in [0.2, 0.25) is 5.88 Å². The van der Waals surface area contributed by atoms with E-state index < -0.39 is 15.1 Å². The monoisotopic (exact) mass is 438 g/mol. The minimum atomic E-state index is -3.17. The van der Waals surface area contributed by atoms with Crippen molar-refractivity contribution in [2.75, 3.05) is 12.4 Å². The van der Waals surface area contributed by atoms with Crippen molar-refractivity contribution in [2.45, 2.75) is 66.2 Å². The Morgan fingerprint density at radius 2 is 1.97 bits per heavy atom. The predicted molar refractivity (Wildman–Crippen MR) is 114 cm³/mol. The number of hydrogen-bond donors (Lipinski definition) is 0. The molecule has 2 aliphatic rings. The molecular formula is C22H34N2O5S. The van der Waals surface area contributed by atoms with Crippen LogP contribution in [0.2, 0.25) is 0 Å². The van der Waals surface area contributed by atoms with Crippen molar-refractivity contribution < 1.29 is 22.7 Å². The van der Waals surface area contributed by atoms with Crippen LogP contribution in [0.3, 0.4) is 0 Å². The van der Waals surface area contributed by atoms with Gasteiger partial charge in [-0.25, -0.2) is 13.1 Å². The maximum absolute atomic E-state index is 13.6. The Hall–Kier alpha value is -1.70. The molecule has 0 aromatic carbocycles. The number of aromatic nitrogens is 2. The van der Waals surface area contributed by atoms with Gasteiger partial charge in [0.15, 0.2) is 21.4 Å². The largest absolute Gasteiger partial charge is 0.469 e. The minimum Gasteiger partial charge on any atom is -0.469 e. The number of fused-ring (bicyclic) bond motifs is 1. The van der Waals surface area contributed by atoms with Crippen LogP contribution in [0.1, 0.15) is 64.7 Å². The highest BCUT2D eigenvalue weighted by atomic mass is 32.2. The van der Waals surface area contributed by atoms with Crippen molar-refractivity contribution >= 4 is 21.4 Å². The Kier molecular flexibility index (Phi) is 6.20. The van der Waals surface area contributed by atoms with E-state index in [0.717, 1.165) is 0 Å². The van der Waals surface area contributed by atoms with Crippen LogP contribution in [0, 0.1) is 29.1 Å². The Morgan fingerprint density at radius 1 is 1.30 bits per heavy atom. The van der Waals surface area contributed by atoms with E-state index in [4.69, 9.17) is 4.74 Å². The molecule has 1 saturated heterocycles. The molecule has 7 nitrogen and oxygen atoms in total. The Bertz CT molecular complexity index is 933. The number of Topliss-reactive ketones (excluding diaryl/α,β-unsaturated/α-hetero) is 2. The summed E-state index contributed by atoms with van der Waals surface area (Å²) in [6.45, 7) is 12.0. The fourth-order valence-corrected chi connectivity index (χ4v) is 8.70. The van der Waals surface area contributed by atoms with E-state index in [1.165, 1.54) is 13.1 Å². The first-order chi connectivity index (χ1) is 13.9. The highest BCUT2D eigenvalue weighted by Crippen LogP contribution is 2.54. The topological polar surface area (TPSA) is 95.3 Å². The Labute approximate surface area is 179 Å². The first kappa shape index (κ1) is 23.0. The van der Waals surface area contributed by atoms with Gasteiger partial charge in [0, 0.05) is 12.5 Å². The lowest BCUT2D eigenvalue weighted by Crippen LogP contribution is -2.57. The molecule has 168 valence electrons. The van der Waals surface area contributed by atoms with E-state index >= 15 is 0 Å². The van der Waals surface area contributed by atoms with Gasteiger partial charge in [0.1, 0.15) is 6.61 Å². The van der Waals surface area contributed by atoms with E-state index in [1.807, 2.05) is 20.8 Å². The van der Waals surface area contributed by atoms with Crippen molar-refractivity contribution in [3.63, 3.8) is 0 Å². The second kappa shape index (κ2) is 8.09. The number of nitrogens with zero attached hydrogens (tertiary/aromatic N) is 2. The molecule has 1 aliphatic heterocycles. The fraction of sp³-hybridized carbons (Fsp3) is 0.773. The molecular weight excluding hydrogens is 404 g/mol. The highest BCUT2D eigenvalue weighted by molar-refractivity contribution is 7.92. The zero-order valence-electron chi connectivity index (χ0n) is 18.8. The SMILES string of the molecule is CCn1ncc(C(=O)C2CC(C)C3C(C2C)C(C)(C)CCS3(=O)=O)c1OCC(C)=O. The Morgan fingerprint density at radius 3 is 2.57 bits per heavy atom. The van der Waals surface area contributed by atoms with Crippen molar-refractivity contribution in [1.29, 1.82) is 0 Å². The van der Waals surface area contributed by atoms with Crippen LogP contribution < -0.4 is 4.74 Å². The number of carbonyl (C=O) groups excluding carboxylic acids is 2. The molecule has 5 atom stereocenters. The smallest absolute Gasteiger partial charge is 0.223 e. The van der Waals surface area contributed by atoms with Gasteiger partial charge in [-0.3, -0.25) is 9.59 Å². The van der Waals surface area contributed by atoms with E-state index in [2.05, 4.69) is 18.9 Å². The molecule has 1 aromatic heterocycles. The van der Waals surface area contributed by atoms with Gasteiger partial charge in [-0.2, -0.15) is 5.10 Å². The zero-order valence-corrected chi connectivity index (χ0v) is 19.7. The molecule has 30 heavy (non-hydrogen) atoms. The van der Waals surface area contributed by atoms with Gasteiger partial charge in [-0.1, -0.05) is 27.7 Å². The summed E-state index contributed by atoms with van der Waals surface area (Å²) in [5.74, 6) is -0.181. The van der Waals surface area contributed by atoms with Gasteiger partial charge in [0.05, 0.1) is 22.8 Å². The molecule has 0 amide bonds. The molecule has 1 aromatic rings. The normalized spacial score (nSPS) is 32.3. The third kappa shape index (κ3) is 3.95. The van der Waals surface area contributed by atoms with E-state index in [0.29, 0.717) is 30.8 Å². The molecule has 1 saturated carbocycles. The number of ether oxygens (including phenoxy) is 1. The third-order valence-corrected chi connectivity index (χ3v) is 9.55. The summed E-state index contributed by atoms with van der Waals surface area (Å²) in [6.07, 6.45) is 2.67. The predicted octanol–water partition coefficient (Wildman–Crippen LogP) is 3.18. The maximum Gasteiger partial charge on any atom is 0.223 e. The number of aryl methyl sites for hydroxylation is 1. The summed E-state index contributed by atoms with van der Waals surface area (Å²) in [6, 6.07) is 0. The third-order valence-electron chi connectivity index (χ3n) is 7.19. The Balaban J connectivity index is 1.96. The number of sulfone groups is 1. The number of ketones is 2. The molecule has 0 radical (unpaired) electrons. The summed E-state index contributed by atoms with van der Waals surface area (Å²) in [5, 5.41) is 3.87. The quantitative estimate of drug-likeness (QED) is 0.633. The van der Waals surface area contributed by atoms with Crippen molar-refractivity contribution in [3.8, 4) is 5.88 Å². The summed E-state index contributed by atoms with van der Waals surface area (Å²) in [5.41, 5.74) is 0.238. The molecule has 2 heterocycles. The van der Waals surface area contributed by atoms with Crippen molar-refractivity contribution in [2.24, 2.45) is 29.1 Å². The molecule has 3 rings (SSSR count). The summed E-state index contributed by atoms with van der Waals surface area (Å²) >= 11 is 0. The molecule has 2 fully saturated rings. The van der Waals surface area contributed by atoms with Crippen LogP contribution >= 0.6 is 0 Å². The lowest BCUT2D eigenvalue weighted by atomic mass is 9.57. The average Bonchev–Trinajstić information content (AvgIpc) is 3.07. The lowest BCUT2D eigenvalue weighted by Gasteiger charge is -2.53. The molecule has 1 aliphatic carbocycles. The maximum atomic E-state index is 13.6. The van der Waals surface area contributed by atoms with Crippen LogP contribution in [-0.2, 0) is 21.2 Å². The van der Waals surface area contributed by atoms with Crippen LogP contribution in [0.5, 0.6) is 5.88 Å². The second-order valence-corrected chi connectivity index (χ2v) is 12.1. The number of carbonyl (C=O) groups is 2. The first-order valence-corrected chi connectivity index (χ1v) is 12.6. The second-order valence-electron chi connectivity index (χ2n) is 9.81.